The smallest absolute Gasteiger partial charge is 0.0645 e. The number of nitrogens with zero attached hydrogens (tertiary/aromatic N) is 1. The summed E-state index contributed by atoms with van der Waals surface area (Å²) in [4.78, 5) is 2.06. The van der Waals surface area contributed by atoms with Crippen molar-refractivity contribution in [1.29, 1.82) is 0 Å². The second-order valence-corrected chi connectivity index (χ2v) is 3.68. The van der Waals surface area contributed by atoms with E-state index in [9.17, 15) is 0 Å². The van der Waals surface area contributed by atoms with Crippen LogP contribution in [0.4, 0.5) is 0 Å². The number of aliphatic hydroxyl groups excluding tert-OH is 2. The number of nitrogens with one attached hydrogen (secondary N) is 1. The topological polar surface area (TPSA) is 55.7 Å². The van der Waals surface area contributed by atoms with Crippen molar-refractivity contribution in [2.45, 2.75) is 18.9 Å². The van der Waals surface area contributed by atoms with Crippen LogP contribution >= 0.6 is 0 Å². The molecule has 0 bridgehead atoms. The second-order valence-electron chi connectivity index (χ2n) is 3.68. The first-order chi connectivity index (χ1) is 6.10. The maximum Gasteiger partial charge on any atom is 0.0645 e. The molecule has 0 fully saturated rings. The Morgan fingerprint density at radius 3 is 2.08 bits per heavy atom. The van der Waals surface area contributed by atoms with Gasteiger partial charge in [-0.1, -0.05) is 6.92 Å². The number of hydrogen-bond donors (Lipinski definition) is 3. The Labute approximate surface area is 80.6 Å². The summed E-state index contributed by atoms with van der Waals surface area (Å²) in [5.41, 5.74) is -0.504. The van der Waals surface area contributed by atoms with Crippen LogP contribution in [-0.2, 0) is 0 Å². The largest absolute Gasteiger partial charge is 0.394 e. The first-order valence-corrected chi connectivity index (χ1v) is 4.71. The van der Waals surface area contributed by atoms with Gasteiger partial charge in [-0.3, -0.25) is 0 Å². The van der Waals surface area contributed by atoms with Gasteiger partial charge in [-0.25, -0.2) is 0 Å². The van der Waals surface area contributed by atoms with Crippen LogP contribution in [0.25, 0.3) is 0 Å². The lowest BCUT2D eigenvalue weighted by molar-refractivity contribution is 0.0864. The molecule has 0 aromatic rings. The van der Waals surface area contributed by atoms with E-state index in [0.29, 0.717) is 0 Å². The molecular weight excluding hydrogens is 168 g/mol. The molecule has 0 aromatic carbocycles. The third-order valence-corrected chi connectivity index (χ3v) is 2.34. The van der Waals surface area contributed by atoms with Gasteiger partial charge in [0, 0.05) is 13.1 Å². The molecule has 3 N–H and O–H groups in total. The van der Waals surface area contributed by atoms with Gasteiger partial charge < -0.3 is 20.4 Å². The van der Waals surface area contributed by atoms with Gasteiger partial charge in [-0.2, -0.15) is 0 Å². The van der Waals surface area contributed by atoms with Crippen LogP contribution in [-0.4, -0.2) is 61.1 Å². The van der Waals surface area contributed by atoms with Gasteiger partial charge >= 0.3 is 0 Å². The fourth-order valence-corrected chi connectivity index (χ4v) is 1.06. The minimum Gasteiger partial charge on any atom is -0.394 e. The van der Waals surface area contributed by atoms with Crippen molar-refractivity contribution in [1.82, 2.24) is 10.2 Å². The van der Waals surface area contributed by atoms with Crippen LogP contribution in [0.3, 0.4) is 0 Å². The molecule has 0 atom stereocenters. The molecule has 0 heterocycles. The average molecular weight is 190 g/mol. The standard InChI is InChI=1S/C9H22N2O2/c1-4-9(7-12,8-13)10-5-6-11(2)3/h10,12-13H,4-8H2,1-3H3. The van der Waals surface area contributed by atoms with E-state index < -0.39 is 5.54 Å². The summed E-state index contributed by atoms with van der Waals surface area (Å²) in [6.45, 7) is 3.60. The minimum absolute atomic E-state index is 0.0204. The van der Waals surface area contributed by atoms with E-state index in [0.717, 1.165) is 19.5 Å². The molecule has 0 saturated carbocycles. The van der Waals surface area contributed by atoms with Crippen molar-refractivity contribution in [3.63, 3.8) is 0 Å². The number of hydrogen-bond acceptors (Lipinski definition) is 4. The Morgan fingerprint density at radius 2 is 1.77 bits per heavy atom. The predicted molar refractivity (Wildman–Crippen MR) is 53.8 cm³/mol. The van der Waals surface area contributed by atoms with Crippen molar-refractivity contribution in [3.05, 3.63) is 0 Å². The van der Waals surface area contributed by atoms with E-state index in [1.54, 1.807) is 0 Å². The highest BCUT2D eigenvalue weighted by molar-refractivity contribution is 4.85. The van der Waals surface area contributed by atoms with Crippen molar-refractivity contribution < 1.29 is 10.2 Å². The molecule has 0 spiro atoms. The number of likely N-dealkylation sites (N-methyl/N-ethyl adjacent to an activating group) is 1. The molecule has 0 aliphatic carbocycles. The molecule has 4 nitrogen and oxygen atoms in total. The highest BCUT2D eigenvalue weighted by Crippen LogP contribution is 2.07. The molecule has 0 unspecified atom stereocenters. The zero-order chi connectivity index (χ0) is 10.3. The Hall–Kier alpha value is -0.160. The molecule has 0 aromatic heterocycles. The fraction of sp³-hybridized carbons (Fsp3) is 1.00. The van der Waals surface area contributed by atoms with Crippen LogP contribution in [0, 0.1) is 0 Å². The van der Waals surface area contributed by atoms with Gasteiger partial charge in [0.1, 0.15) is 0 Å². The molecule has 0 aliphatic rings. The Kier molecular flexibility index (Phi) is 6.24. The molecule has 80 valence electrons. The maximum atomic E-state index is 9.11. The van der Waals surface area contributed by atoms with Gasteiger partial charge in [0.2, 0.25) is 0 Å². The first kappa shape index (κ1) is 12.8. The van der Waals surface area contributed by atoms with Crippen molar-refractivity contribution >= 4 is 0 Å². The van der Waals surface area contributed by atoms with Gasteiger partial charge in [0.15, 0.2) is 0 Å². The maximum absolute atomic E-state index is 9.11. The highest BCUT2D eigenvalue weighted by Gasteiger charge is 2.25. The lowest BCUT2D eigenvalue weighted by Crippen LogP contribution is -2.52. The molecule has 4 heteroatoms. The van der Waals surface area contributed by atoms with Crippen LogP contribution in [0.2, 0.25) is 0 Å². The molecule has 0 amide bonds. The van der Waals surface area contributed by atoms with E-state index in [2.05, 4.69) is 10.2 Å². The summed E-state index contributed by atoms with van der Waals surface area (Å²) in [5.74, 6) is 0. The Balaban J connectivity index is 3.81. The number of aliphatic hydroxyl groups is 2. The van der Waals surface area contributed by atoms with Gasteiger partial charge in [0.25, 0.3) is 0 Å². The zero-order valence-corrected chi connectivity index (χ0v) is 8.88. The van der Waals surface area contributed by atoms with Crippen LogP contribution < -0.4 is 5.32 Å². The monoisotopic (exact) mass is 190 g/mol. The Bertz CT molecular complexity index is 117. The minimum atomic E-state index is -0.504. The normalized spacial score (nSPS) is 12.5. The lowest BCUT2D eigenvalue weighted by Gasteiger charge is -2.30. The zero-order valence-electron chi connectivity index (χ0n) is 8.88. The summed E-state index contributed by atoms with van der Waals surface area (Å²) < 4.78 is 0. The van der Waals surface area contributed by atoms with E-state index in [1.807, 2.05) is 21.0 Å². The quantitative estimate of drug-likeness (QED) is 0.495. The average Bonchev–Trinajstić information content (AvgIpc) is 2.13. The summed E-state index contributed by atoms with van der Waals surface area (Å²) in [6, 6.07) is 0. The summed E-state index contributed by atoms with van der Waals surface area (Å²) in [5, 5.41) is 21.4. The lowest BCUT2D eigenvalue weighted by atomic mass is 9.99. The predicted octanol–water partition coefficient (Wildman–Crippen LogP) is -0.729. The molecule has 0 saturated heterocycles. The van der Waals surface area contributed by atoms with Crippen molar-refractivity contribution in [2.24, 2.45) is 0 Å². The SMILES string of the molecule is CCC(CO)(CO)NCCN(C)C. The molecule has 0 aliphatic heterocycles. The third kappa shape index (κ3) is 4.57. The summed E-state index contributed by atoms with van der Waals surface area (Å²) in [6.07, 6.45) is 0.730. The van der Waals surface area contributed by atoms with E-state index in [4.69, 9.17) is 10.2 Å². The molecule has 13 heavy (non-hydrogen) atoms. The Morgan fingerprint density at radius 1 is 1.23 bits per heavy atom. The third-order valence-electron chi connectivity index (χ3n) is 2.34. The molecule has 0 radical (unpaired) electrons. The molecule has 0 rings (SSSR count). The second kappa shape index (κ2) is 6.32. The summed E-state index contributed by atoms with van der Waals surface area (Å²) >= 11 is 0. The van der Waals surface area contributed by atoms with Gasteiger partial charge in [0.05, 0.1) is 18.8 Å². The molecular formula is C9H22N2O2. The van der Waals surface area contributed by atoms with E-state index >= 15 is 0 Å². The summed E-state index contributed by atoms with van der Waals surface area (Å²) in [7, 11) is 3.99. The van der Waals surface area contributed by atoms with E-state index in [-0.39, 0.29) is 13.2 Å². The number of rotatable bonds is 7. The fourth-order valence-electron chi connectivity index (χ4n) is 1.06. The highest BCUT2D eigenvalue weighted by atomic mass is 16.3. The van der Waals surface area contributed by atoms with Crippen molar-refractivity contribution in [3.8, 4) is 0 Å². The van der Waals surface area contributed by atoms with E-state index in [1.165, 1.54) is 0 Å². The van der Waals surface area contributed by atoms with Crippen LogP contribution in [0.1, 0.15) is 13.3 Å². The van der Waals surface area contributed by atoms with Crippen LogP contribution in [0.15, 0.2) is 0 Å². The first-order valence-electron chi connectivity index (χ1n) is 4.71. The van der Waals surface area contributed by atoms with Gasteiger partial charge in [-0.05, 0) is 20.5 Å². The van der Waals surface area contributed by atoms with Crippen LogP contribution in [0.5, 0.6) is 0 Å². The van der Waals surface area contributed by atoms with Gasteiger partial charge in [-0.15, -0.1) is 0 Å². The van der Waals surface area contributed by atoms with Crippen molar-refractivity contribution in [2.75, 3.05) is 40.4 Å².